The van der Waals surface area contributed by atoms with Gasteiger partial charge in [0.25, 0.3) is 0 Å². The third kappa shape index (κ3) is 4.00. The van der Waals surface area contributed by atoms with Crippen LogP contribution in [0.2, 0.25) is 0 Å². The number of hydrogen-bond acceptors (Lipinski definition) is 2. The van der Waals surface area contributed by atoms with Gasteiger partial charge in [0.2, 0.25) is 5.91 Å². The Labute approximate surface area is 120 Å². The van der Waals surface area contributed by atoms with Gasteiger partial charge in [0.1, 0.15) is 0 Å². The van der Waals surface area contributed by atoms with E-state index in [1.807, 2.05) is 18.2 Å². The zero-order chi connectivity index (χ0) is 13.7. The first-order chi connectivity index (χ1) is 9.18. The van der Waals surface area contributed by atoms with Crippen LogP contribution in [0.15, 0.2) is 30.3 Å². The minimum atomic E-state index is 0.306. The van der Waals surface area contributed by atoms with E-state index in [0.29, 0.717) is 23.7 Å². The molecule has 3 heteroatoms. The van der Waals surface area contributed by atoms with Gasteiger partial charge in [-0.25, -0.2) is 0 Å². The number of likely N-dealkylation sites (tertiary alicyclic amines) is 1. The van der Waals surface area contributed by atoms with Crippen molar-refractivity contribution in [3.05, 3.63) is 35.9 Å². The molecule has 1 aliphatic rings. The predicted molar refractivity (Wildman–Crippen MR) is 82.2 cm³/mol. The summed E-state index contributed by atoms with van der Waals surface area (Å²) < 4.78 is 0. The molecule has 1 heterocycles. The molecule has 0 bridgehead atoms. The van der Waals surface area contributed by atoms with Crippen molar-refractivity contribution in [1.82, 2.24) is 4.90 Å². The molecule has 19 heavy (non-hydrogen) atoms. The molecule has 104 valence electrons. The van der Waals surface area contributed by atoms with E-state index in [1.165, 1.54) is 12.0 Å². The van der Waals surface area contributed by atoms with Gasteiger partial charge in [0.15, 0.2) is 0 Å². The van der Waals surface area contributed by atoms with Crippen LogP contribution < -0.4 is 0 Å². The standard InChI is InChI=1S/C16H23NOS/c1-13-7-6-8-14(2)17(13)16(18)12-19-11-15-9-4-3-5-10-15/h3-5,9-10,13-14H,6-8,11-12H2,1-2H3. The largest absolute Gasteiger partial charge is 0.337 e. The Morgan fingerprint density at radius 1 is 1.21 bits per heavy atom. The molecule has 1 fully saturated rings. The van der Waals surface area contributed by atoms with Gasteiger partial charge < -0.3 is 4.90 Å². The van der Waals surface area contributed by atoms with Crippen molar-refractivity contribution in [2.24, 2.45) is 0 Å². The molecular formula is C16H23NOS. The molecule has 1 amide bonds. The molecule has 1 aromatic rings. The van der Waals surface area contributed by atoms with E-state index in [-0.39, 0.29) is 0 Å². The van der Waals surface area contributed by atoms with Crippen molar-refractivity contribution in [1.29, 1.82) is 0 Å². The van der Waals surface area contributed by atoms with Gasteiger partial charge in [0, 0.05) is 17.8 Å². The van der Waals surface area contributed by atoms with E-state index in [4.69, 9.17) is 0 Å². The maximum atomic E-state index is 12.3. The Kier molecular flexibility index (Phi) is 5.32. The van der Waals surface area contributed by atoms with Crippen LogP contribution in [0.3, 0.4) is 0 Å². The molecule has 0 aromatic heterocycles. The molecule has 0 aliphatic carbocycles. The zero-order valence-corrected chi connectivity index (χ0v) is 12.7. The Balaban J connectivity index is 1.80. The van der Waals surface area contributed by atoms with E-state index >= 15 is 0 Å². The third-order valence-corrected chi connectivity index (χ3v) is 4.81. The molecule has 2 rings (SSSR count). The second-order valence-corrected chi connectivity index (χ2v) is 6.39. The maximum absolute atomic E-state index is 12.3. The number of carbonyl (C=O) groups excluding carboxylic acids is 1. The average molecular weight is 277 g/mol. The lowest BCUT2D eigenvalue weighted by Gasteiger charge is -2.39. The lowest BCUT2D eigenvalue weighted by molar-refractivity contribution is -0.134. The Morgan fingerprint density at radius 2 is 1.84 bits per heavy atom. The molecule has 1 aromatic carbocycles. The predicted octanol–water partition coefficient (Wildman–Crippen LogP) is 3.71. The summed E-state index contributed by atoms with van der Waals surface area (Å²) in [4.78, 5) is 14.4. The van der Waals surface area contributed by atoms with Crippen LogP contribution in [-0.2, 0) is 10.5 Å². The van der Waals surface area contributed by atoms with Crippen molar-refractivity contribution in [2.45, 2.75) is 50.9 Å². The van der Waals surface area contributed by atoms with Gasteiger partial charge in [-0.15, -0.1) is 11.8 Å². The van der Waals surface area contributed by atoms with Crippen LogP contribution in [0, 0.1) is 0 Å². The number of benzene rings is 1. The summed E-state index contributed by atoms with van der Waals surface area (Å²) in [5, 5.41) is 0. The fourth-order valence-electron chi connectivity index (χ4n) is 2.82. The molecule has 1 aliphatic heterocycles. The number of thioether (sulfide) groups is 1. The van der Waals surface area contributed by atoms with Crippen molar-refractivity contribution in [2.75, 3.05) is 5.75 Å². The van der Waals surface area contributed by atoms with Crippen LogP contribution >= 0.6 is 11.8 Å². The van der Waals surface area contributed by atoms with Gasteiger partial charge in [0.05, 0.1) is 5.75 Å². The number of amides is 1. The van der Waals surface area contributed by atoms with Crippen molar-refractivity contribution in [3.8, 4) is 0 Å². The van der Waals surface area contributed by atoms with Crippen LogP contribution in [-0.4, -0.2) is 28.6 Å². The lowest BCUT2D eigenvalue weighted by atomic mass is 9.98. The van der Waals surface area contributed by atoms with Crippen molar-refractivity contribution in [3.63, 3.8) is 0 Å². The van der Waals surface area contributed by atoms with E-state index < -0.39 is 0 Å². The second kappa shape index (κ2) is 6.99. The third-order valence-electron chi connectivity index (χ3n) is 3.82. The first-order valence-corrected chi connectivity index (χ1v) is 8.27. The van der Waals surface area contributed by atoms with Crippen LogP contribution in [0.25, 0.3) is 0 Å². The Bertz CT molecular complexity index is 396. The summed E-state index contributed by atoms with van der Waals surface area (Å²) in [6, 6.07) is 11.2. The fraction of sp³-hybridized carbons (Fsp3) is 0.562. The molecule has 2 atom stereocenters. The summed E-state index contributed by atoms with van der Waals surface area (Å²) >= 11 is 1.72. The summed E-state index contributed by atoms with van der Waals surface area (Å²) in [6.45, 7) is 4.35. The molecule has 2 nitrogen and oxygen atoms in total. The van der Waals surface area contributed by atoms with Gasteiger partial charge in [-0.1, -0.05) is 30.3 Å². The number of hydrogen-bond donors (Lipinski definition) is 0. The summed E-state index contributed by atoms with van der Waals surface area (Å²) in [7, 11) is 0. The Hall–Kier alpha value is -0.960. The van der Waals surface area contributed by atoms with Crippen molar-refractivity contribution < 1.29 is 4.79 Å². The number of rotatable bonds is 4. The van der Waals surface area contributed by atoms with Gasteiger partial charge in [-0.3, -0.25) is 4.79 Å². The maximum Gasteiger partial charge on any atom is 0.233 e. The fourth-order valence-corrected chi connectivity index (χ4v) is 3.67. The number of piperidine rings is 1. The first-order valence-electron chi connectivity index (χ1n) is 7.11. The van der Waals surface area contributed by atoms with Crippen LogP contribution in [0.5, 0.6) is 0 Å². The average Bonchev–Trinajstić information content (AvgIpc) is 2.40. The quantitative estimate of drug-likeness (QED) is 0.836. The summed E-state index contributed by atoms with van der Waals surface area (Å²) in [5.41, 5.74) is 1.29. The van der Waals surface area contributed by atoms with E-state index in [9.17, 15) is 4.79 Å². The smallest absolute Gasteiger partial charge is 0.233 e. The molecule has 2 unspecified atom stereocenters. The molecule has 1 saturated heterocycles. The van der Waals surface area contributed by atoms with E-state index in [0.717, 1.165) is 18.6 Å². The highest BCUT2D eigenvalue weighted by Crippen LogP contribution is 2.24. The minimum Gasteiger partial charge on any atom is -0.337 e. The highest BCUT2D eigenvalue weighted by molar-refractivity contribution is 7.99. The topological polar surface area (TPSA) is 20.3 Å². The Morgan fingerprint density at radius 3 is 2.47 bits per heavy atom. The molecule has 0 saturated carbocycles. The van der Waals surface area contributed by atoms with Crippen LogP contribution in [0.1, 0.15) is 38.7 Å². The summed E-state index contributed by atoms with van der Waals surface area (Å²) in [6.07, 6.45) is 3.56. The SMILES string of the molecule is CC1CCCC(C)N1C(=O)CSCc1ccccc1. The molecule has 0 N–H and O–H groups in total. The first kappa shape index (κ1) is 14.4. The van der Waals surface area contributed by atoms with Gasteiger partial charge in [-0.2, -0.15) is 0 Å². The normalized spacial score (nSPS) is 23.4. The van der Waals surface area contributed by atoms with Gasteiger partial charge >= 0.3 is 0 Å². The summed E-state index contributed by atoms with van der Waals surface area (Å²) in [5.74, 6) is 1.83. The molecule has 0 radical (unpaired) electrons. The van der Waals surface area contributed by atoms with E-state index in [2.05, 4.69) is 30.9 Å². The molecular weight excluding hydrogens is 254 g/mol. The molecule has 0 spiro atoms. The number of nitrogens with zero attached hydrogens (tertiary/aromatic N) is 1. The van der Waals surface area contributed by atoms with Gasteiger partial charge in [-0.05, 0) is 38.7 Å². The monoisotopic (exact) mass is 277 g/mol. The lowest BCUT2D eigenvalue weighted by Crippen LogP contribution is -2.48. The number of carbonyl (C=O) groups is 1. The highest BCUT2D eigenvalue weighted by atomic mass is 32.2. The van der Waals surface area contributed by atoms with E-state index in [1.54, 1.807) is 11.8 Å². The minimum absolute atomic E-state index is 0.306. The zero-order valence-electron chi connectivity index (χ0n) is 11.8. The van der Waals surface area contributed by atoms with Crippen LogP contribution in [0.4, 0.5) is 0 Å². The van der Waals surface area contributed by atoms with Crippen molar-refractivity contribution >= 4 is 17.7 Å². The second-order valence-electron chi connectivity index (χ2n) is 5.41. The highest BCUT2D eigenvalue weighted by Gasteiger charge is 2.28.